The number of esters is 1. The van der Waals surface area contributed by atoms with Crippen molar-refractivity contribution in [1.29, 1.82) is 0 Å². The summed E-state index contributed by atoms with van der Waals surface area (Å²) in [6.45, 7) is 17.0. The van der Waals surface area contributed by atoms with Crippen LogP contribution in [0.2, 0.25) is 0 Å². The maximum absolute atomic E-state index is 11.8. The van der Waals surface area contributed by atoms with E-state index in [-0.39, 0.29) is 23.1 Å². The van der Waals surface area contributed by atoms with Crippen LogP contribution in [0.1, 0.15) is 68.2 Å². The van der Waals surface area contributed by atoms with Gasteiger partial charge in [-0.15, -0.1) is 0 Å². The molecule has 3 heteroatoms. The van der Waals surface area contributed by atoms with Gasteiger partial charge >= 0.3 is 5.97 Å². The van der Waals surface area contributed by atoms with Crippen LogP contribution in [0.15, 0.2) is 0 Å². The first-order valence-electron chi connectivity index (χ1n) is 7.22. The third-order valence-electron chi connectivity index (χ3n) is 2.56. The summed E-state index contributed by atoms with van der Waals surface area (Å²) in [4.78, 5) is 11.8. The predicted octanol–water partition coefficient (Wildman–Crippen LogP) is 4.20. The standard InChI is InChI=1S/C16H32O3/c1-12(10-15(3,4)5)9-14(17)19-13(2)11-18-16(6,7)8/h12-13H,9-11H2,1-8H3. The molecule has 0 fully saturated rings. The number of hydrogen-bond donors (Lipinski definition) is 0. The van der Waals surface area contributed by atoms with Crippen molar-refractivity contribution >= 4 is 5.97 Å². The second-order valence-corrected chi connectivity index (χ2v) is 7.80. The summed E-state index contributed by atoms with van der Waals surface area (Å²) in [5.41, 5.74) is 0.0564. The largest absolute Gasteiger partial charge is 0.460 e. The lowest BCUT2D eigenvalue weighted by molar-refractivity contribution is -0.155. The Morgan fingerprint density at radius 1 is 1.05 bits per heavy atom. The average molecular weight is 272 g/mol. The molecule has 0 saturated heterocycles. The van der Waals surface area contributed by atoms with Crippen LogP contribution in [0.4, 0.5) is 0 Å². The molecule has 0 saturated carbocycles. The van der Waals surface area contributed by atoms with E-state index in [1.165, 1.54) is 0 Å². The molecule has 0 aliphatic rings. The Kier molecular flexibility index (Phi) is 7.06. The smallest absolute Gasteiger partial charge is 0.306 e. The summed E-state index contributed by atoms with van der Waals surface area (Å²) in [5.74, 6) is 0.227. The van der Waals surface area contributed by atoms with E-state index in [2.05, 4.69) is 27.7 Å². The molecular formula is C16H32O3. The number of rotatable bonds is 6. The Morgan fingerprint density at radius 2 is 1.58 bits per heavy atom. The lowest BCUT2D eigenvalue weighted by Gasteiger charge is -2.24. The zero-order chi connectivity index (χ0) is 15.3. The summed E-state index contributed by atoms with van der Waals surface area (Å²) in [6.07, 6.45) is 1.32. The minimum absolute atomic E-state index is 0.123. The Hall–Kier alpha value is -0.570. The van der Waals surface area contributed by atoms with E-state index in [1.807, 2.05) is 27.7 Å². The average Bonchev–Trinajstić information content (AvgIpc) is 2.09. The molecule has 0 spiro atoms. The molecule has 0 amide bonds. The molecule has 2 atom stereocenters. The van der Waals surface area contributed by atoms with Gasteiger partial charge in [-0.3, -0.25) is 4.79 Å². The SMILES string of the molecule is CC(CC(=O)OC(C)COC(C)(C)C)CC(C)(C)C. The second kappa shape index (κ2) is 7.28. The van der Waals surface area contributed by atoms with Gasteiger partial charge < -0.3 is 9.47 Å². The number of ether oxygens (including phenoxy) is 2. The first-order chi connectivity index (χ1) is 8.39. The van der Waals surface area contributed by atoms with Gasteiger partial charge in [-0.25, -0.2) is 0 Å². The van der Waals surface area contributed by atoms with Gasteiger partial charge in [0.25, 0.3) is 0 Å². The first kappa shape index (κ1) is 18.4. The molecule has 0 aliphatic carbocycles. The van der Waals surface area contributed by atoms with Crippen molar-refractivity contribution in [2.45, 2.75) is 79.9 Å². The van der Waals surface area contributed by atoms with Crippen LogP contribution >= 0.6 is 0 Å². The minimum atomic E-state index is -0.194. The van der Waals surface area contributed by atoms with Gasteiger partial charge in [-0.2, -0.15) is 0 Å². The Balaban J connectivity index is 3.97. The van der Waals surface area contributed by atoms with Crippen LogP contribution in [0.25, 0.3) is 0 Å². The van der Waals surface area contributed by atoms with Crippen molar-refractivity contribution < 1.29 is 14.3 Å². The van der Waals surface area contributed by atoms with E-state index < -0.39 is 0 Å². The molecule has 19 heavy (non-hydrogen) atoms. The van der Waals surface area contributed by atoms with E-state index in [0.717, 1.165) is 6.42 Å². The van der Waals surface area contributed by atoms with Crippen LogP contribution in [0.5, 0.6) is 0 Å². The molecule has 0 bridgehead atoms. The molecule has 0 rings (SSSR count). The molecule has 0 aliphatic heterocycles. The van der Waals surface area contributed by atoms with E-state index >= 15 is 0 Å². The monoisotopic (exact) mass is 272 g/mol. The number of carbonyl (C=O) groups excluding carboxylic acids is 1. The summed E-state index contributed by atoms with van der Waals surface area (Å²) in [7, 11) is 0. The van der Waals surface area contributed by atoms with E-state index in [4.69, 9.17) is 9.47 Å². The predicted molar refractivity (Wildman–Crippen MR) is 79.1 cm³/mol. The number of hydrogen-bond acceptors (Lipinski definition) is 3. The van der Waals surface area contributed by atoms with E-state index in [0.29, 0.717) is 18.9 Å². The van der Waals surface area contributed by atoms with Crippen LogP contribution in [-0.2, 0) is 14.3 Å². The second-order valence-electron chi connectivity index (χ2n) is 7.80. The third-order valence-corrected chi connectivity index (χ3v) is 2.56. The van der Waals surface area contributed by atoms with Gasteiger partial charge in [0.15, 0.2) is 0 Å². The molecule has 3 nitrogen and oxygen atoms in total. The van der Waals surface area contributed by atoms with Crippen molar-refractivity contribution in [2.75, 3.05) is 6.61 Å². The summed E-state index contributed by atoms with van der Waals surface area (Å²) in [6, 6.07) is 0. The highest BCUT2D eigenvalue weighted by atomic mass is 16.6. The molecular weight excluding hydrogens is 240 g/mol. The van der Waals surface area contributed by atoms with Crippen molar-refractivity contribution in [3.8, 4) is 0 Å². The zero-order valence-corrected chi connectivity index (χ0v) is 14.0. The fourth-order valence-electron chi connectivity index (χ4n) is 2.08. The molecule has 2 unspecified atom stereocenters. The van der Waals surface area contributed by atoms with Gasteiger partial charge in [-0.1, -0.05) is 27.7 Å². The summed E-state index contributed by atoms with van der Waals surface area (Å²) in [5, 5.41) is 0. The lowest BCUT2D eigenvalue weighted by Crippen LogP contribution is -2.28. The topological polar surface area (TPSA) is 35.5 Å². The molecule has 114 valence electrons. The Morgan fingerprint density at radius 3 is 2.00 bits per heavy atom. The van der Waals surface area contributed by atoms with Crippen LogP contribution in [-0.4, -0.2) is 24.3 Å². The highest BCUT2D eigenvalue weighted by molar-refractivity contribution is 5.69. The summed E-state index contributed by atoms with van der Waals surface area (Å²) >= 11 is 0. The normalized spacial score (nSPS) is 16.0. The zero-order valence-electron chi connectivity index (χ0n) is 14.0. The van der Waals surface area contributed by atoms with Crippen molar-refractivity contribution in [2.24, 2.45) is 11.3 Å². The minimum Gasteiger partial charge on any atom is -0.460 e. The van der Waals surface area contributed by atoms with E-state index in [1.54, 1.807) is 0 Å². The van der Waals surface area contributed by atoms with Gasteiger partial charge in [0, 0.05) is 6.42 Å². The molecule has 0 radical (unpaired) electrons. The van der Waals surface area contributed by atoms with Crippen LogP contribution in [0, 0.1) is 11.3 Å². The molecule has 0 aromatic rings. The van der Waals surface area contributed by atoms with Gasteiger partial charge in [-0.05, 0) is 45.4 Å². The first-order valence-corrected chi connectivity index (χ1v) is 7.22. The van der Waals surface area contributed by atoms with Crippen molar-refractivity contribution in [3.63, 3.8) is 0 Å². The van der Waals surface area contributed by atoms with Crippen molar-refractivity contribution in [3.05, 3.63) is 0 Å². The van der Waals surface area contributed by atoms with Crippen molar-refractivity contribution in [1.82, 2.24) is 0 Å². The van der Waals surface area contributed by atoms with Gasteiger partial charge in [0.1, 0.15) is 6.10 Å². The highest BCUT2D eigenvalue weighted by Crippen LogP contribution is 2.26. The summed E-state index contributed by atoms with van der Waals surface area (Å²) < 4.78 is 11.0. The maximum Gasteiger partial charge on any atom is 0.306 e. The van der Waals surface area contributed by atoms with Crippen LogP contribution < -0.4 is 0 Å². The Bertz CT molecular complexity index is 271. The van der Waals surface area contributed by atoms with Gasteiger partial charge in [0.2, 0.25) is 0 Å². The molecule has 0 N–H and O–H groups in total. The van der Waals surface area contributed by atoms with Gasteiger partial charge in [0.05, 0.1) is 12.2 Å². The Labute approximate surface area is 119 Å². The molecule has 0 aromatic carbocycles. The quantitative estimate of drug-likeness (QED) is 0.680. The van der Waals surface area contributed by atoms with E-state index in [9.17, 15) is 4.79 Å². The fourth-order valence-corrected chi connectivity index (χ4v) is 2.08. The fraction of sp³-hybridized carbons (Fsp3) is 0.938. The highest BCUT2D eigenvalue weighted by Gasteiger charge is 2.20. The molecule has 0 aromatic heterocycles. The maximum atomic E-state index is 11.8. The molecule has 0 heterocycles. The third kappa shape index (κ3) is 12.2. The lowest BCUT2D eigenvalue weighted by atomic mass is 9.84. The van der Waals surface area contributed by atoms with Crippen LogP contribution in [0.3, 0.4) is 0 Å². The number of carbonyl (C=O) groups is 1.